The molecule has 0 fully saturated rings. The highest BCUT2D eigenvalue weighted by molar-refractivity contribution is 6.05. The Kier molecular flexibility index (Phi) is 5.86. The third-order valence-electron chi connectivity index (χ3n) is 8.09. The maximum atomic E-state index is 6.26. The SMILES string of the molecule is C1=Cc2c(oc3cccc(N(c4ccc(-c5ccccc5)cc4)c4ccc(-c5cccc6ccccc56)cc4)c23)NC1. The maximum Gasteiger partial charge on any atom is 0.201 e. The normalized spacial score (nSPS) is 12.3. The van der Waals surface area contributed by atoms with Crippen molar-refractivity contribution in [2.24, 2.45) is 0 Å². The van der Waals surface area contributed by atoms with E-state index in [1.165, 1.54) is 33.0 Å². The van der Waals surface area contributed by atoms with Gasteiger partial charge in [-0.25, -0.2) is 0 Å². The summed E-state index contributed by atoms with van der Waals surface area (Å²) in [5.41, 5.74) is 10.0. The molecule has 1 aliphatic rings. The van der Waals surface area contributed by atoms with Crippen LogP contribution in [-0.2, 0) is 0 Å². The smallest absolute Gasteiger partial charge is 0.201 e. The van der Waals surface area contributed by atoms with Gasteiger partial charge >= 0.3 is 0 Å². The van der Waals surface area contributed by atoms with Crippen molar-refractivity contribution in [3.63, 3.8) is 0 Å². The van der Waals surface area contributed by atoms with Crippen LogP contribution in [0.4, 0.5) is 22.9 Å². The molecule has 1 aromatic heterocycles. The van der Waals surface area contributed by atoms with Crippen LogP contribution in [-0.4, -0.2) is 6.54 Å². The molecule has 0 atom stereocenters. The first-order valence-electron chi connectivity index (χ1n) is 14.3. The number of nitrogens with zero attached hydrogens (tertiary/aromatic N) is 1. The van der Waals surface area contributed by atoms with Crippen molar-refractivity contribution in [2.45, 2.75) is 0 Å². The van der Waals surface area contributed by atoms with Crippen LogP contribution in [0.3, 0.4) is 0 Å². The fraction of sp³-hybridized carbons (Fsp3) is 0.0256. The summed E-state index contributed by atoms with van der Waals surface area (Å²) in [7, 11) is 0. The summed E-state index contributed by atoms with van der Waals surface area (Å²) in [5.74, 6) is 0.825. The van der Waals surface area contributed by atoms with Crippen LogP contribution in [0.15, 0.2) is 150 Å². The van der Waals surface area contributed by atoms with Gasteiger partial charge in [0.25, 0.3) is 0 Å². The number of furan rings is 1. The second kappa shape index (κ2) is 10.1. The van der Waals surface area contributed by atoms with Crippen molar-refractivity contribution in [2.75, 3.05) is 16.8 Å². The Morgan fingerprint density at radius 1 is 0.571 bits per heavy atom. The quantitative estimate of drug-likeness (QED) is 0.235. The largest absolute Gasteiger partial charge is 0.440 e. The lowest BCUT2D eigenvalue weighted by atomic mass is 9.98. The second-order valence-corrected chi connectivity index (χ2v) is 10.6. The fourth-order valence-electron chi connectivity index (χ4n) is 6.09. The number of hydrogen-bond acceptors (Lipinski definition) is 3. The molecule has 3 nitrogen and oxygen atoms in total. The van der Waals surface area contributed by atoms with E-state index in [0.717, 1.165) is 46.0 Å². The molecule has 0 unspecified atom stereocenters. The summed E-state index contributed by atoms with van der Waals surface area (Å²) in [6, 6.07) is 49.6. The molecular weight excluding hydrogens is 512 g/mol. The molecule has 0 saturated heterocycles. The van der Waals surface area contributed by atoms with Crippen molar-refractivity contribution in [3.05, 3.63) is 151 Å². The van der Waals surface area contributed by atoms with Crippen LogP contribution in [0, 0.1) is 0 Å². The lowest BCUT2D eigenvalue weighted by molar-refractivity contribution is 0.628. The third-order valence-corrected chi connectivity index (χ3v) is 8.09. The molecule has 0 bridgehead atoms. The van der Waals surface area contributed by atoms with Crippen molar-refractivity contribution in [1.29, 1.82) is 0 Å². The lowest BCUT2D eigenvalue weighted by Crippen LogP contribution is -2.10. The predicted molar refractivity (Wildman–Crippen MR) is 177 cm³/mol. The highest BCUT2D eigenvalue weighted by Gasteiger charge is 2.22. The van der Waals surface area contributed by atoms with Gasteiger partial charge in [-0.3, -0.25) is 0 Å². The number of rotatable bonds is 5. The van der Waals surface area contributed by atoms with Crippen LogP contribution < -0.4 is 10.2 Å². The zero-order chi connectivity index (χ0) is 27.9. The van der Waals surface area contributed by atoms with Gasteiger partial charge in [-0.1, -0.05) is 115 Å². The fourth-order valence-corrected chi connectivity index (χ4v) is 6.09. The molecule has 200 valence electrons. The van der Waals surface area contributed by atoms with Crippen molar-refractivity contribution >= 4 is 50.8 Å². The van der Waals surface area contributed by atoms with E-state index in [-0.39, 0.29) is 0 Å². The van der Waals surface area contributed by atoms with Gasteiger partial charge in [-0.2, -0.15) is 0 Å². The molecule has 0 spiro atoms. The highest BCUT2D eigenvalue weighted by Crippen LogP contribution is 2.45. The lowest BCUT2D eigenvalue weighted by Gasteiger charge is -2.27. The zero-order valence-corrected chi connectivity index (χ0v) is 23.0. The number of benzene rings is 6. The van der Waals surface area contributed by atoms with E-state index in [1.54, 1.807) is 0 Å². The van der Waals surface area contributed by atoms with E-state index in [2.05, 4.69) is 156 Å². The Balaban J connectivity index is 1.28. The van der Waals surface area contributed by atoms with Gasteiger partial charge in [0.2, 0.25) is 5.88 Å². The molecule has 7 aromatic rings. The first kappa shape index (κ1) is 24.3. The Bertz CT molecular complexity index is 2070. The van der Waals surface area contributed by atoms with Gasteiger partial charge in [-0.15, -0.1) is 0 Å². The van der Waals surface area contributed by atoms with Crippen LogP contribution in [0.5, 0.6) is 0 Å². The zero-order valence-electron chi connectivity index (χ0n) is 23.0. The Morgan fingerprint density at radius 3 is 2.05 bits per heavy atom. The van der Waals surface area contributed by atoms with Crippen molar-refractivity contribution < 1.29 is 4.42 Å². The summed E-state index contributed by atoms with van der Waals surface area (Å²) in [6.07, 6.45) is 4.31. The van der Waals surface area contributed by atoms with Gasteiger partial charge in [-0.05, 0) is 69.4 Å². The number of hydrogen-bond donors (Lipinski definition) is 1. The molecule has 0 amide bonds. The molecule has 0 saturated carbocycles. The third kappa shape index (κ3) is 4.15. The van der Waals surface area contributed by atoms with Crippen molar-refractivity contribution in [3.8, 4) is 22.3 Å². The Hall–Kier alpha value is -5.54. The van der Waals surface area contributed by atoms with Gasteiger partial charge < -0.3 is 14.6 Å². The molecule has 0 aliphatic carbocycles. The van der Waals surface area contributed by atoms with Crippen LogP contribution >= 0.6 is 0 Å². The monoisotopic (exact) mass is 540 g/mol. The average molecular weight is 541 g/mol. The van der Waals surface area contributed by atoms with E-state index in [0.29, 0.717) is 0 Å². The molecule has 42 heavy (non-hydrogen) atoms. The van der Waals surface area contributed by atoms with E-state index in [9.17, 15) is 0 Å². The summed E-state index contributed by atoms with van der Waals surface area (Å²) < 4.78 is 6.26. The summed E-state index contributed by atoms with van der Waals surface area (Å²) in [5, 5.41) is 7.00. The van der Waals surface area contributed by atoms with Crippen LogP contribution in [0.25, 0.3) is 50.1 Å². The molecule has 1 aliphatic heterocycles. The maximum absolute atomic E-state index is 6.26. The van der Waals surface area contributed by atoms with E-state index >= 15 is 0 Å². The van der Waals surface area contributed by atoms with Crippen molar-refractivity contribution in [1.82, 2.24) is 0 Å². The molecule has 2 heterocycles. The minimum atomic E-state index is 0.766. The minimum Gasteiger partial charge on any atom is -0.440 e. The minimum absolute atomic E-state index is 0.766. The second-order valence-electron chi connectivity index (χ2n) is 10.6. The standard InChI is InChI=1S/C39H28N2O/c1-2-9-27(10-3-1)28-18-22-31(23-19-28)41(36-16-7-17-37-38(36)35-15-8-26-40-39(35)42-37)32-24-20-30(21-25-32)34-14-6-12-29-11-4-5-13-33(29)34/h1-25,40H,26H2. The van der Waals surface area contributed by atoms with E-state index in [1.807, 2.05) is 6.07 Å². The summed E-state index contributed by atoms with van der Waals surface area (Å²) >= 11 is 0. The van der Waals surface area contributed by atoms with E-state index in [4.69, 9.17) is 4.42 Å². The number of anilines is 4. The average Bonchev–Trinajstić information content (AvgIpc) is 3.45. The van der Waals surface area contributed by atoms with E-state index < -0.39 is 0 Å². The van der Waals surface area contributed by atoms with Crippen LogP contribution in [0.1, 0.15) is 5.56 Å². The highest BCUT2D eigenvalue weighted by atomic mass is 16.3. The summed E-state index contributed by atoms with van der Waals surface area (Å²) in [6.45, 7) is 0.766. The molecule has 1 N–H and O–H groups in total. The van der Waals surface area contributed by atoms with Gasteiger partial charge in [0.1, 0.15) is 5.58 Å². The Labute approximate surface area is 245 Å². The first-order chi connectivity index (χ1) is 20.8. The molecule has 8 rings (SSSR count). The van der Waals surface area contributed by atoms with Crippen LogP contribution in [0.2, 0.25) is 0 Å². The number of fused-ring (bicyclic) bond motifs is 4. The first-order valence-corrected chi connectivity index (χ1v) is 14.3. The molecule has 3 heteroatoms. The summed E-state index contributed by atoms with van der Waals surface area (Å²) in [4.78, 5) is 2.34. The number of nitrogens with one attached hydrogen (secondary N) is 1. The molecule has 0 radical (unpaired) electrons. The molecular formula is C39H28N2O. The Morgan fingerprint density at radius 2 is 1.24 bits per heavy atom. The van der Waals surface area contributed by atoms with Gasteiger partial charge in [0.15, 0.2) is 0 Å². The van der Waals surface area contributed by atoms with Gasteiger partial charge in [0, 0.05) is 23.5 Å². The predicted octanol–water partition coefficient (Wildman–Crippen LogP) is 10.8. The topological polar surface area (TPSA) is 28.4 Å². The van der Waals surface area contributed by atoms with Gasteiger partial charge in [0.05, 0.1) is 11.1 Å². The molecule has 6 aromatic carbocycles.